The van der Waals surface area contributed by atoms with Crippen LogP contribution in [0.1, 0.15) is 45.8 Å². The van der Waals surface area contributed by atoms with Gasteiger partial charge in [-0.3, -0.25) is 4.79 Å². The van der Waals surface area contributed by atoms with Crippen molar-refractivity contribution in [3.8, 4) is 11.5 Å². The molecule has 0 aromatic heterocycles. The van der Waals surface area contributed by atoms with Crippen molar-refractivity contribution < 1.29 is 14.6 Å². The molecule has 2 aliphatic rings. The number of phenolic OH excluding ortho intramolecular Hbond substituents is 1. The zero-order valence-corrected chi connectivity index (χ0v) is 20.4. The van der Waals surface area contributed by atoms with Crippen LogP contribution in [0.4, 0.5) is 5.69 Å². The van der Waals surface area contributed by atoms with Gasteiger partial charge in [0.1, 0.15) is 11.5 Å². The molecule has 0 fully saturated rings. The van der Waals surface area contributed by atoms with E-state index in [0.717, 1.165) is 65.1 Å². The Labute approximate surface area is 206 Å². The van der Waals surface area contributed by atoms with Crippen LogP contribution in [0.2, 0.25) is 0 Å². The fourth-order valence-corrected chi connectivity index (χ4v) is 5.40. The van der Waals surface area contributed by atoms with E-state index < -0.39 is 0 Å². The Bertz CT molecular complexity index is 1240. The van der Waals surface area contributed by atoms with Gasteiger partial charge in [0.2, 0.25) is 5.91 Å². The van der Waals surface area contributed by atoms with Crippen LogP contribution < -0.4 is 20.7 Å². The molecule has 5 rings (SSSR count). The molecular formula is C29H33N3O3. The van der Waals surface area contributed by atoms with Gasteiger partial charge in [-0.2, -0.15) is 0 Å². The van der Waals surface area contributed by atoms with E-state index in [2.05, 4.69) is 40.2 Å². The van der Waals surface area contributed by atoms with Crippen molar-refractivity contribution in [2.75, 3.05) is 25.5 Å². The largest absolute Gasteiger partial charge is 0.508 e. The lowest BCUT2D eigenvalue weighted by atomic mass is 9.92. The van der Waals surface area contributed by atoms with Crippen molar-refractivity contribution in [3.05, 3.63) is 88.0 Å². The summed E-state index contributed by atoms with van der Waals surface area (Å²) in [7, 11) is 1.70. The molecule has 2 heterocycles. The number of hydrogen-bond donors (Lipinski definition) is 4. The number of rotatable bonds is 5. The molecule has 4 N–H and O–H groups in total. The van der Waals surface area contributed by atoms with Crippen LogP contribution in [0.5, 0.6) is 11.5 Å². The number of ether oxygens (including phenoxy) is 1. The highest BCUT2D eigenvalue weighted by Gasteiger charge is 2.28. The van der Waals surface area contributed by atoms with Gasteiger partial charge in [0.25, 0.3) is 0 Å². The maximum absolute atomic E-state index is 13.4. The summed E-state index contributed by atoms with van der Waals surface area (Å²) in [5, 5.41) is 20.2. The molecule has 0 saturated carbocycles. The zero-order valence-electron chi connectivity index (χ0n) is 20.4. The third kappa shape index (κ3) is 4.98. The highest BCUT2D eigenvalue weighted by Crippen LogP contribution is 2.32. The Kier molecular flexibility index (Phi) is 6.64. The first-order valence-electron chi connectivity index (χ1n) is 12.4. The monoisotopic (exact) mass is 471 g/mol. The van der Waals surface area contributed by atoms with Gasteiger partial charge < -0.3 is 25.8 Å². The molecule has 1 amide bonds. The highest BCUT2D eigenvalue weighted by atomic mass is 16.5. The first-order valence-corrected chi connectivity index (χ1v) is 12.4. The average Bonchev–Trinajstić information content (AvgIpc) is 3.08. The van der Waals surface area contributed by atoms with E-state index in [1.54, 1.807) is 13.2 Å². The minimum Gasteiger partial charge on any atom is -0.508 e. The number of fused-ring (bicyclic) bond motifs is 2. The van der Waals surface area contributed by atoms with Crippen LogP contribution >= 0.6 is 0 Å². The minimum absolute atomic E-state index is 0.0262. The number of aromatic hydroxyl groups is 1. The topological polar surface area (TPSA) is 82.6 Å². The van der Waals surface area contributed by atoms with E-state index in [9.17, 15) is 9.90 Å². The van der Waals surface area contributed by atoms with Crippen molar-refractivity contribution >= 4 is 11.6 Å². The first-order chi connectivity index (χ1) is 17.0. The minimum atomic E-state index is -0.297. The lowest BCUT2D eigenvalue weighted by Gasteiger charge is -2.30. The summed E-state index contributed by atoms with van der Waals surface area (Å²) in [4.78, 5) is 13.4. The molecule has 182 valence electrons. The normalized spacial score (nSPS) is 19.0. The number of benzene rings is 3. The Morgan fingerprint density at radius 1 is 1.14 bits per heavy atom. The van der Waals surface area contributed by atoms with Gasteiger partial charge >= 0.3 is 0 Å². The summed E-state index contributed by atoms with van der Waals surface area (Å²) in [6, 6.07) is 17.8. The zero-order chi connectivity index (χ0) is 24.4. The number of carbonyl (C=O) groups is 1. The van der Waals surface area contributed by atoms with Gasteiger partial charge in [0.15, 0.2) is 0 Å². The second kappa shape index (κ2) is 10.0. The number of aryl methyl sites for hydroxylation is 1. The molecule has 0 saturated heterocycles. The highest BCUT2D eigenvalue weighted by molar-refractivity contribution is 5.83. The maximum atomic E-state index is 13.4. The Hall–Kier alpha value is -3.51. The molecule has 0 aliphatic carbocycles. The maximum Gasteiger partial charge on any atom is 0.237 e. The fourth-order valence-electron chi connectivity index (χ4n) is 5.40. The predicted molar refractivity (Wildman–Crippen MR) is 138 cm³/mol. The standard InChI is InChI=1S/C29H33N3O3/c1-18-13-22(33)16-20-9-11-31-27(17-23(18)20)29(34)32-26-10-12-30-25-8-7-19(15-24(25)26)14-21-5-3-4-6-28(21)35-2/h3-8,13,15-16,26-27,30-31,33H,9-12,14,17H2,1-2H3,(H,32,34). The molecule has 2 aliphatic heterocycles. The van der Waals surface area contributed by atoms with Crippen molar-refractivity contribution in [1.82, 2.24) is 10.6 Å². The van der Waals surface area contributed by atoms with E-state index >= 15 is 0 Å². The number of amides is 1. The summed E-state index contributed by atoms with van der Waals surface area (Å²) in [5.74, 6) is 1.20. The number of para-hydroxylation sites is 1. The molecular weight excluding hydrogens is 438 g/mol. The molecule has 6 heteroatoms. The summed E-state index contributed by atoms with van der Waals surface area (Å²) in [5.41, 5.74) is 7.86. The summed E-state index contributed by atoms with van der Waals surface area (Å²) >= 11 is 0. The fraction of sp³-hybridized carbons (Fsp3) is 0.345. The van der Waals surface area contributed by atoms with Gasteiger partial charge in [-0.05, 0) is 90.4 Å². The molecule has 6 nitrogen and oxygen atoms in total. The number of anilines is 1. The van der Waals surface area contributed by atoms with Crippen LogP contribution in [0.15, 0.2) is 54.6 Å². The predicted octanol–water partition coefficient (Wildman–Crippen LogP) is 4.03. The Balaban J connectivity index is 1.34. The van der Waals surface area contributed by atoms with Crippen LogP contribution in [-0.4, -0.2) is 37.3 Å². The number of phenols is 1. The van der Waals surface area contributed by atoms with E-state index in [1.165, 1.54) is 5.56 Å². The van der Waals surface area contributed by atoms with Crippen LogP contribution in [0.3, 0.4) is 0 Å². The number of methoxy groups -OCH3 is 1. The Morgan fingerprint density at radius 2 is 2.00 bits per heavy atom. The lowest BCUT2D eigenvalue weighted by molar-refractivity contribution is -0.123. The first kappa shape index (κ1) is 23.2. The molecule has 0 bridgehead atoms. The Morgan fingerprint density at radius 3 is 2.86 bits per heavy atom. The number of carbonyl (C=O) groups excluding carboxylic acids is 1. The molecule has 0 spiro atoms. The average molecular weight is 472 g/mol. The van der Waals surface area contributed by atoms with Crippen molar-refractivity contribution in [1.29, 1.82) is 0 Å². The summed E-state index contributed by atoms with van der Waals surface area (Å²) in [6.07, 6.45) is 3.04. The van der Waals surface area contributed by atoms with Gasteiger partial charge in [-0.1, -0.05) is 30.3 Å². The molecule has 35 heavy (non-hydrogen) atoms. The second-order valence-corrected chi connectivity index (χ2v) is 9.55. The van der Waals surface area contributed by atoms with Gasteiger partial charge in [-0.25, -0.2) is 0 Å². The molecule has 3 aromatic rings. The van der Waals surface area contributed by atoms with E-state index in [1.807, 2.05) is 31.2 Å². The van der Waals surface area contributed by atoms with E-state index in [4.69, 9.17) is 4.74 Å². The van der Waals surface area contributed by atoms with Crippen LogP contribution in [0, 0.1) is 6.92 Å². The summed E-state index contributed by atoms with van der Waals surface area (Å²) < 4.78 is 5.53. The van der Waals surface area contributed by atoms with Crippen LogP contribution in [0.25, 0.3) is 0 Å². The smallest absolute Gasteiger partial charge is 0.237 e. The third-order valence-corrected chi connectivity index (χ3v) is 7.20. The number of hydrogen-bond acceptors (Lipinski definition) is 5. The molecule has 2 atom stereocenters. The number of nitrogens with one attached hydrogen (secondary N) is 3. The quantitative estimate of drug-likeness (QED) is 0.452. The third-order valence-electron chi connectivity index (χ3n) is 7.20. The van der Waals surface area contributed by atoms with E-state index in [0.29, 0.717) is 18.7 Å². The second-order valence-electron chi connectivity index (χ2n) is 9.55. The van der Waals surface area contributed by atoms with Crippen LogP contribution in [-0.2, 0) is 24.1 Å². The van der Waals surface area contributed by atoms with Crippen molar-refractivity contribution in [3.63, 3.8) is 0 Å². The van der Waals surface area contributed by atoms with Crippen molar-refractivity contribution in [2.45, 2.75) is 44.7 Å². The van der Waals surface area contributed by atoms with E-state index in [-0.39, 0.29) is 18.0 Å². The molecule has 3 aromatic carbocycles. The molecule has 2 unspecified atom stereocenters. The SMILES string of the molecule is COc1ccccc1Cc1ccc2c(c1)C(NC(=O)C1Cc3c(C)cc(O)cc3CCN1)CCN2. The van der Waals surface area contributed by atoms with Gasteiger partial charge in [0.05, 0.1) is 19.2 Å². The lowest BCUT2D eigenvalue weighted by Crippen LogP contribution is -2.47. The summed E-state index contributed by atoms with van der Waals surface area (Å²) in [6.45, 7) is 3.54. The van der Waals surface area contributed by atoms with Gasteiger partial charge in [0, 0.05) is 18.7 Å². The molecule has 0 radical (unpaired) electrons. The van der Waals surface area contributed by atoms with Crippen molar-refractivity contribution in [2.24, 2.45) is 0 Å². The van der Waals surface area contributed by atoms with Gasteiger partial charge in [-0.15, -0.1) is 0 Å².